The van der Waals surface area contributed by atoms with Crippen molar-refractivity contribution in [2.24, 2.45) is 0 Å². The van der Waals surface area contributed by atoms with Gasteiger partial charge in [-0.1, -0.05) is 24.3 Å². The van der Waals surface area contributed by atoms with E-state index in [1.807, 2.05) is 0 Å². The van der Waals surface area contributed by atoms with Gasteiger partial charge in [-0.05, 0) is 41.6 Å². The van der Waals surface area contributed by atoms with Gasteiger partial charge in [-0.2, -0.15) is 0 Å². The first-order chi connectivity index (χ1) is 13.9. The number of ether oxygens (including phenoxy) is 1. The van der Waals surface area contributed by atoms with Gasteiger partial charge in [0, 0.05) is 11.8 Å². The van der Waals surface area contributed by atoms with Crippen molar-refractivity contribution >= 4 is 46.3 Å². The summed E-state index contributed by atoms with van der Waals surface area (Å²) in [7, 11) is 1.31. The van der Waals surface area contributed by atoms with Crippen molar-refractivity contribution in [3.8, 4) is 5.75 Å². The van der Waals surface area contributed by atoms with Crippen molar-refractivity contribution in [1.82, 2.24) is 4.90 Å². The fourth-order valence-electron chi connectivity index (χ4n) is 2.59. The molecule has 3 rings (SSSR count). The molecule has 1 aliphatic heterocycles. The summed E-state index contributed by atoms with van der Waals surface area (Å²) in [5, 5.41) is 13.1. The quantitative estimate of drug-likeness (QED) is 0.438. The number of nitro benzene ring substituents is 1. The summed E-state index contributed by atoms with van der Waals surface area (Å²) in [4.78, 5) is 48.3. The first-order valence-electron chi connectivity index (χ1n) is 8.31. The Morgan fingerprint density at radius 3 is 2.62 bits per heavy atom. The van der Waals surface area contributed by atoms with Crippen LogP contribution in [0.3, 0.4) is 0 Å². The average Bonchev–Trinajstić information content (AvgIpc) is 2.96. The number of nitrogens with one attached hydrogen (secondary N) is 1. The highest BCUT2D eigenvalue weighted by atomic mass is 32.2. The van der Waals surface area contributed by atoms with Gasteiger partial charge < -0.3 is 10.1 Å². The highest BCUT2D eigenvalue weighted by Crippen LogP contribution is 2.34. The molecule has 0 spiro atoms. The van der Waals surface area contributed by atoms with E-state index in [0.29, 0.717) is 23.0 Å². The molecular formula is C19H15N3O6S. The van der Waals surface area contributed by atoms with Gasteiger partial charge in [0.15, 0.2) is 5.75 Å². The van der Waals surface area contributed by atoms with E-state index in [0.717, 1.165) is 4.90 Å². The summed E-state index contributed by atoms with van der Waals surface area (Å²) in [6.45, 7) is -0.431. The lowest BCUT2D eigenvalue weighted by atomic mass is 10.1. The van der Waals surface area contributed by atoms with E-state index >= 15 is 0 Å². The lowest BCUT2D eigenvalue weighted by Crippen LogP contribution is -2.36. The highest BCUT2D eigenvalue weighted by Gasteiger charge is 2.36. The highest BCUT2D eigenvalue weighted by molar-refractivity contribution is 8.18. The number of rotatable bonds is 6. The molecule has 29 heavy (non-hydrogen) atoms. The van der Waals surface area contributed by atoms with Crippen LogP contribution >= 0.6 is 11.8 Å². The van der Waals surface area contributed by atoms with E-state index in [4.69, 9.17) is 4.74 Å². The number of methoxy groups -OCH3 is 1. The van der Waals surface area contributed by atoms with Crippen molar-refractivity contribution in [3.63, 3.8) is 0 Å². The molecule has 3 amide bonds. The van der Waals surface area contributed by atoms with Gasteiger partial charge in [0.2, 0.25) is 5.91 Å². The molecule has 0 aliphatic carbocycles. The van der Waals surface area contributed by atoms with E-state index < -0.39 is 28.5 Å². The fourth-order valence-corrected chi connectivity index (χ4v) is 3.43. The van der Waals surface area contributed by atoms with Crippen LogP contribution in [-0.2, 0) is 9.59 Å². The fraction of sp³-hybridized carbons (Fsp3) is 0.105. The van der Waals surface area contributed by atoms with Crippen molar-refractivity contribution in [2.75, 3.05) is 19.0 Å². The zero-order valence-electron chi connectivity index (χ0n) is 15.2. The third kappa shape index (κ3) is 4.61. The molecule has 0 saturated carbocycles. The van der Waals surface area contributed by atoms with Crippen LogP contribution in [0.15, 0.2) is 53.4 Å². The Kier molecular flexibility index (Phi) is 5.93. The van der Waals surface area contributed by atoms with E-state index in [-0.39, 0.29) is 16.3 Å². The van der Waals surface area contributed by atoms with Crippen LogP contribution in [0.1, 0.15) is 5.56 Å². The molecule has 0 unspecified atom stereocenters. The molecule has 2 aromatic carbocycles. The topological polar surface area (TPSA) is 119 Å². The van der Waals surface area contributed by atoms with Gasteiger partial charge in [0.25, 0.3) is 11.1 Å². The predicted octanol–water partition coefficient (Wildman–Crippen LogP) is 3.28. The van der Waals surface area contributed by atoms with Gasteiger partial charge in [-0.3, -0.25) is 29.4 Å². The van der Waals surface area contributed by atoms with Gasteiger partial charge >= 0.3 is 5.69 Å². The van der Waals surface area contributed by atoms with Crippen LogP contribution in [0, 0.1) is 10.1 Å². The summed E-state index contributed by atoms with van der Waals surface area (Å²) in [5.74, 6) is -1.07. The molecule has 148 valence electrons. The number of hydrogen-bond acceptors (Lipinski definition) is 7. The monoisotopic (exact) mass is 413 g/mol. The number of carbonyl (C=O) groups is 3. The third-order valence-corrected chi connectivity index (χ3v) is 4.84. The lowest BCUT2D eigenvalue weighted by molar-refractivity contribution is -0.385. The number of nitrogens with zero attached hydrogens (tertiary/aromatic N) is 2. The first-order valence-corrected chi connectivity index (χ1v) is 9.13. The Labute approximate surface area is 169 Å². The minimum Gasteiger partial charge on any atom is -0.490 e. The summed E-state index contributed by atoms with van der Waals surface area (Å²) < 4.78 is 4.94. The Balaban J connectivity index is 1.75. The largest absolute Gasteiger partial charge is 0.490 e. The maximum atomic E-state index is 12.5. The SMILES string of the molecule is COc1ccc(/C=C2\SC(=O)N(CC(=O)Nc3ccccc3)C2=O)cc1[N+](=O)[O-]. The van der Waals surface area contributed by atoms with Crippen LogP contribution in [0.5, 0.6) is 5.75 Å². The number of benzene rings is 2. The molecule has 1 heterocycles. The van der Waals surface area contributed by atoms with Crippen molar-refractivity contribution in [2.45, 2.75) is 0 Å². The molecule has 1 N–H and O–H groups in total. The smallest absolute Gasteiger partial charge is 0.311 e. The van der Waals surface area contributed by atoms with Crippen molar-refractivity contribution < 1.29 is 24.0 Å². The van der Waals surface area contributed by atoms with Crippen LogP contribution < -0.4 is 10.1 Å². The normalized spacial score (nSPS) is 14.9. The Morgan fingerprint density at radius 1 is 1.24 bits per heavy atom. The summed E-state index contributed by atoms with van der Waals surface area (Å²) in [5.41, 5.74) is 0.644. The minimum absolute atomic E-state index is 0.0713. The van der Waals surface area contributed by atoms with Gasteiger partial charge in [-0.15, -0.1) is 0 Å². The molecule has 1 aliphatic rings. The molecule has 2 aromatic rings. The molecule has 9 nitrogen and oxygen atoms in total. The first kappa shape index (κ1) is 20.1. The summed E-state index contributed by atoms with van der Waals surface area (Å²) >= 11 is 0.667. The summed E-state index contributed by atoms with van der Waals surface area (Å²) in [6.07, 6.45) is 1.37. The zero-order chi connectivity index (χ0) is 21.0. The molecule has 10 heteroatoms. The molecule has 1 saturated heterocycles. The second-order valence-corrected chi connectivity index (χ2v) is 6.86. The number of nitro groups is 1. The predicted molar refractivity (Wildman–Crippen MR) is 107 cm³/mol. The zero-order valence-corrected chi connectivity index (χ0v) is 16.0. The number of anilines is 1. The van der Waals surface area contributed by atoms with Gasteiger partial charge in [-0.25, -0.2) is 0 Å². The number of hydrogen-bond donors (Lipinski definition) is 1. The molecular weight excluding hydrogens is 398 g/mol. The Hall–Kier alpha value is -3.66. The van der Waals surface area contributed by atoms with E-state index in [1.165, 1.54) is 31.4 Å². The molecule has 0 atom stereocenters. The van der Waals surface area contributed by atoms with Crippen molar-refractivity contribution in [3.05, 3.63) is 69.1 Å². The van der Waals surface area contributed by atoms with E-state index in [2.05, 4.69) is 5.32 Å². The minimum atomic E-state index is -0.637. The maximum absolute atomic E-state index is 12.5. The number of para-hydroxylation sites is 1. The maximum Gasteiger partial charge on any atom is 0.311 e. The Bertz CT molecular complexity index is 1020. The number of imide groups is 1. The summed E-state index contributed by atoms with van der Waals surface area (Å²) in [6, 6.07) is 12.8. The molecule has 0 aromatic heterocycles. The molecule has 0 radical (unpaired) electrons. The molecule has 0 bridgehead atoms. The Morgan fingerprint density at radius 2 is 1.97 bits per heavy atom. The lowest BCUT2D eigenvalue weighted by Gasteiger charge is -2.12. The van der Waals surface area contributed by atoms with Crippen LogP contribution in [0.2, 0.25) is 0 Å². The standard InChI is InChI=1S/C19H15N3O6S/c1-28-15-8-7-12(9-14(15)22(26)27)10-16-18(24)21(19(25)29-16)11-17(23)20-13-5-3-2-4-6-13/h2-10H,11H2,1H3,(H,20,23)/b16-10-. The number of carbonyl (C=O) groups excluding carboxylic acids is 3. The third-order valence-electron chi connectivity index (χ3n) is 3.93. The average molecular weight is 413 g/mol. The van der Waals surface area contributed by atoms with Gasteiger partial charge in [0.1, 0.15) is 6.54 Å². The number of thioether (sulfide) groups is 1. The number of amides is 3. The van der Waals surface area contributed by atoms with Crippen LogP contribution in [0.25, 0.3) is 6.08 Å². The van der Waals surface area contributed by atoms with Gasteiger partial charge in [0.05, 0.1) is 16.9 Å². The van der Waals surface area contributed by atoms with Crippen molar-refractivity contribution in [1.29, 1.82) is 0 Å². The van der Waals surface area contributed by atoms with E-state index in [1.54, 1.807) is 30.3 Å². The molecule has 1 fully saturated rings. The second-order valence-electron chi connectivity index (χ2n) is 5.87. The second kappa shape index (κ2) is 8.57. The van der Waals surface area contributed by atoms with Crippen LogP contribution in [0.4, 0.5) is 16.2 Å². The van der Waals surface area contributed by atoms with E-state index in [9.17, 15) is 24.5 Å². The van der Waals surface area contributed by atoms with Crippen LogP contribution in [-0.4, -0.2) is 40.5 Å².